The van der Waals surface area contributed by atoms with Crippen molar-refractivity contribution < 1.29 is 28.5 Å². The van der Waals surface area contributed by atoms with Gasteiger partial charge >= 0.3 is 0 Å². The second-order valence-electron chi connectivity index (χ2n) is 7.31. The number of fused-ring (bicyclic) bond motifs is 1. The lowest BCUT2D eigenvalue weighted by molar-refractivity contribution is 0.102. The number of ether oxygens (including phenoxy) is 5. The van der Waals surface area contributed by atoms with Gasteiger partial charge in [-0.3, -0.25) is 9.89 Å². The summed E-state index contributed by atoms with van der Waals surface area (Å²) in [4.78, 5) is 12.8. The molecule has 0 saturated heterocycles. The molecule has 0 fully saturated rings. The number of anilines is 1. The van der Waals surface area contributed by atoms with Gasteiger partial charge in [-0.1, -0.05) is 0 Å². The molecule has 0 atom stereocenters. The molecule has 0 radical (unpaired) electrons. The van der Waals surface area contributed by atoms with Gasteiger partial charge in [0, 0.05) is 17.0 Å². The molecular weight excluding hydrogens is 438 g/mol. The van der Waals surface area contributed by atoms with Crippen molar-refractivity contribution in [3.63, 3.8) is 0 Å². The van der Waals surface area contributed by atoms with Crippen molar-refractivity contribution in [2.75, 3.05) is 33.8 Å². The molecule has 34 heavy (non-hydrogen) atoms. The van der Waals surface area contributed by atoms with Crippen LogP contribution in [0.5, 0.6) is 28.7 Å². The Morgan fingerprint density at radius 3 is 2.24 bits per heavy atom. The van der Waals surface area contributed by atoms with Gasteiger partial charge in [0.25, 0.3) is 5.91 Å². The smallest absolute Gasteiger partial charge is 0.257 e. The normalized spacial score (nSPS) is 10.6. The summed E-state index contributed by atoms with van der Waals surface area (Å²) in [5.41, 5.74) is 2.07. The van der Waals surface area contributed by atoms with E-state index in [0.717, 1.165) is 16.5 Å². The van der Waals surface area contributed by atoms with Gasteiger partial charge in [-0.25, -0.2) is 0 Å². The second kappa shape index (κ2) is 10.0. The summed E-state index contributed by atoms with van der Waals surface area (Å²) in [5, 5.41) is 10.7. The Labute approximate surface area is 196 Å². The summed E-state index contributed by atoms with van der Waals surface area (Å²) in [6, 6.07) is 16.0. The number of hydrogen-bond acceptors (Lipinski definition) is 7. The number of carbonyl (C=O) groups excluding carboxylic acids is 1. The highest BCUT2D eigenvalue weighted by Crippen LogP contribution is 2.30. The molecule has 3 aromatic carbocycles. The van der Waals surface area contributed by atoms with Gasteiger partial charge in [0.2, 0.25) is 0 Å². The summed E-state index contributed by atoms with van der Waals surface area (Å²) < 4.78 is 27.1. The number of aromatic nitrogens is 2. The van der Waals surface area contributed by atoms with Crippen LogP contribution in [0.3, 0.4) is 0 Å². The van der Waals surface area contributed by atoms with Gasteiger partial charge in [-0.05, 0) is 54.1 Å². The van der Waals surface area contributed by atoms with Crippen LogP contribution in [0.1, 0.15) is 15.9 Å². The summed E-state index contributed by atoms with van der Waals surface area (Å²) >= 11 is 0. The Morgan fingerprint density at radius 1 is 0.824 bits per heavy atom. The zero-order valence-corrected chi connectivity index (χ0v) is 19.3. The van der Waals surface area contributed by atoms with E-state index in [9.17, 15) is 4.79 Å². The fourth-order valence-corrected chi connectivity index (χ4v) is 3.45. The van der Waals surface area contributed by atoms with E-state index in [4.69, 9.17) is 23.7 Å². The van der Waals surface area contributed by atoms with Crippen LogP contribution in [0.15, 0.2) is 54.6 Å². The zero-order chi connectivity index (χ0) is 24.1. The lowest BCUT2D eigenvalue weighted by atomic mass is 10.1. The van der Waals surface area contributed by atoms with E-state index >= 15 is 0 Å². The SMILES string of the molecule is COc1cc(COc2ccc3[nH]nc(NC(=O)c4ccc(OC)c(OC)c4)c3c2)cc(OC)c1. The standard InChI is InChI=1S/C25H25N3O6/c1-30-18-9-15(10-19(12-18)31-2)14-34-17-6-7-21-20(13-17)24(28-27-21)26-25(29)16-5-8-22(32-3)23(11-16)33-4/h5-13H,14H2,1-4H3,(H2,26,27,28,29). The topological polar surface area (TPSA) is 104 Å². The van der Waals surface area contributed by atoms with Crippen molar-refractivity contribution >= 4 is 22.6 Å². The first-order valence-corrected chi connectivity index (χ1v) is 10.4. The zero-order valence-electron chi connectivity index (χ0n) is 19.3. The van der Waals surface area contributed by atoms with Gasteiger partial charge in [0.15, 0.2) is 17.3 Å². The first-order chi connectivity index (χ1) is 16.5. The van der Waals surface area contributed by atoms with Crippen LogP contribution in [0.25, 0.3) is 10.9 Å². The maximum Gasteiger partial charge on any atom is 0.257 e. The van der Waals surface area contributed by atoms with E-state index in [0.29, 0.717) is 46.7 Å². The van der Waals surface area contributed by atoms with Gasteiger partial charge in [0.1, 0.15) is 23.9 Å². The Morgan fingerprint density at radius 2 is 1.56 bits per heavy atom. The molecule has 0 aliphatic heterocycles. The largest absolute Gasteiger partial charge is 0.497 e. The quantitative estimate of drug-likeness (QED) is 0.378. The van der Waals surface area contributed by atoms with Crippen molar-refractivity contribution in [2.24, 2.45) is 0 Å². The van der Waals surface area contributed by atoms with E-state index in [1.807, 2.05) is 30.3 Å². The fraction of sp³-hybridized carbons (Fsp3) is 0.200. The third-order valence-corrected chi connectivity index (χ3v) is 5.23. The number of amides is 1. The maximum atomic E-state index is 12.8. The van der Waals surface area contributed by atoms with Crippen molar-refractivity contribution in [2.45, 2.75) is 6.61 Å². The highest BCUT2D eigenvalue weighted by molar-refractivity contribution is 6.08. The predicted octanol–water partition coefficient (Wildman–Crippen LogP) is 4.43. The molecule has 0 aliphatic rings. The third kappa shape index (κ3) is 4.83. The van der Waals surface area contributed by atoms with Crippen LogP contribution >= 0.6 is 0 Å². The molecule has 9 nitrogen and oxygen atoms in total. The Hall–Kier alpha value is -4.40. The van der Waals surface area contributed by atoms with E-state index in [1.54, 1.807) is 38.5 Å². The Balaban J connectivity index is 1.52. The average molecular weight is 463 g/mol. The molecular formula is C25H25N3O6. The summed E-state index contributed by atoms with van der Waals surface area (Å²) in [7, 11) is 6.26. The number of rotatable bonds is 9. The molecule has 1 amide bonds. The predicted molar refractivity (Wildman–Crippen MR) is 127 cm³/mol. The molecule has 0 unspecified atom stereocenters. The number of methoxy groups -OCH3 is 4. The van der Waals surface area contributed by atoms with Crippen molar-refractivity contribution in [1.82, 2.24) is 10.2 Å². The van der Waals surface area contributed by atoms with Crippen LogP contribution in [0.2, 0.25) is 0 Å². The maximum absolute atomic E-state index is 12.8. The Kier molecular flexibility index (Phi) is 6.72. The first kappa shape index (κ1) is 22.8. The highest BCUT2D eigenvalue weighted by atomic mass is 16.5. The van der Waals surface area contributed by atoms with E-state index < -0.39 is 0 Å². The summed E-state index contributed by atoms with van der Waals surface area (Å²) in [5.74, 6) is 3.06. The molecule has 0 spiro atoms. The minimum absolute atomic E-state index is 0.310. The van der Waals surface area contributed by atoms with Gasteiger partial charge < -0.3 is 29.0 Å². The first-order valence-electron chi connectivity index (χ1n) is 10.4. The highest BCUT2D eigenvalue weighted by Gasteiger charge is 2.15. The van der Waals surface area contributed by atoms with Crippen LogP contribution < -0.4 is 29.0 Å². The number of nitrogens with zero attached hydrogens (tertiary/aromatic N) is 1. The van der Waals surface area contributed by atoms with Crippen LogP contribution in [-0.4, -0.2) is 44.5 Å². The third-order valence-electron chi connectivity index (χ3n) is 5.23. The molecule has 0 saturated carbocycles. The van der Waals surface area contributed by atoms with Gasteiger partial charge in [-0.15, -0.1) is 0 Å². The molecule has 2 N–H and O–H groups in total. The number of hydrogen-bond donors (Lipinski definition) is 2. The van der Waals surface area contributed by atoms with E-state index in [2.05, 4.69) is 15.5 Å². The molecule has 0 bridgehead atoms. The van der Waals surface area contributed by atoms with Crippen molar-refractivity contribution in [3.8, 4) is 28.7 Å². The summed E-state index contributed by atoms with van der Waals surface area (Å²) in [6.07, 6.45) is 0. The monoisotopic (exact) mass is 463 g/mol. The van der Waals surface area contributed by atoms with E-state index in [1.165, 1.54) is 14.2 Å². The number of benzene rings is 3. The van der Waals surface area contributed by atoms with Crippen LogP contribution in [0, 0.1) is 0 Å². The number of aromatic amines is 1. The van der Waals surface area contributed by atoms with E-state index in [-0.39, 0.29) is 5.91 Å². The summed E-state index contributed by atoms with van der Waals surface area (Å²) in [6.45, 7) is 0.310. The van der Waals surface area contributed by atoms with Crippen LogP contribution in [0.4, 0.5) is 5.82 Å². The molecule has 176 valence electrons. The lowest BCUT2D eigenvalue weighted by Gasteiger charge is -2.11. The molecule has 1 aromatic heterocycles. The molecule has 4 aromatic rings. The van der Waals surface area contributed by atoms with Gasteiger partial charge in [0.05, 0.1) is 34.0 Å². The number of carbonyl (C=O) groups is 1. The molecule has 0 aliphatic carbocycles. The number of H-pyrrole nitrogens is 1. The minimum atomic E-state index is -0.329. The number of nitrogens with one attached hydrogen (secondary N) is 2. The minimum Gasteiger partial charge on any atom is -0.497 e. The average Bonchev–Trinajstić information content (AvgIpc) is 3.28. The molecule has 9 heteroatoms. The van der Waals surface area contributed by atoms with Crippen molar-refractivity contribution in [1.29, 1.82) is 0 Å². The van der Waals surface area contributed by atoms with Crippen LogP contribution in [-0.2, 0) is 6.61 Å². The Bertz CT molecular complexity index is 1300. The van der Waals surface area contributed by atoms with Crippen molar-refractivity contribution in [3.05, 3.63) is 65.7 Å². The molecule has 1 heterocycles. The fourth-order valence-electron chi connectivity index (χ4n) is 3.45. The lowest BCUT2D eigenvalue weighted by Crippen LogP contribution is -2.12. The second-order valence-corrected chi connectivity index (χ2v) is 7.31. The van der Waals surface area contributed by atoms with Gasteiger partial charge in [-0.2, -0.15) is 5.10 Å². The molecule has 4 rings (SSSR count).